The maximum atomic E-state index is 13.1. The molecule has 5 rings (SSSR count). The maximum absolute atomic E-state index is 13.1. The van der Waals surface area contributed by atoms with Crippen LogP contribution in [0.4, 0.5) is 0 Å². The summed E-state index contributed by atoms with van der Waals surface area (Å²) in [5.41, 5.74) is 4.88. The van der Waals surface area contributed by atoms with Crippen LogP contribution in [0.2, 0.25) is 0 Å². The number of aromatic amines is 1. The highest BCUT2D eigenvalue weighted by Gasteiger charge is 2.49. The molecular formula is C25H34N4O2. The van der Waals surface area contributed by atoms with Crippen LogP contribution in [0.5, 0.6) is 5.75 Å². The first-order valence-electron chi connectivity index (χ1n) is 11.7. The lowest BCUT2D eigenvalue weighted by atomic mass is 9.70. The first kappa shape index (κ1) is 20.6. The highest BCUT2D eigenvalue weighted by atomic mass is 16.5. The molecule has 1 N–H and O–H groups in total. The topological polar surface area (TPSA) is 61.5 Å². The third kappa shape index (κ3) is 3.86. The Morgan fingerprint density at radius 1 is 1.23 bits per heavy atom. The monoisotopic (exact) mass is 422 g/mol. The van der Waals surface area contributed by atoms with Crippen molar-refractivity contribution in [2.24, 2.45) is 11.8 Å². The predicted molar refractivity (Wildman–Crippen MR) is 120 cm³/mol. The number of H-pyrrole nitrogens is 1. The van der Waals surface area contributed by atoms with Gasteiger partial charge in [0.25, 0.3) is 0 Å². The van der Waals surface area contributed by atoms with Gasteiger partial charge in [-0.25, -0.2) is 0 Å². The molecule has 166 valence electrons. The number of methoxy groups -OCH3 is 1. The number of benzene rings is 1. The summed E-state index contributed by atoms with van der Waals surface area (Å²) in [6, 6.07) is 9.03. The summed E-state index contributed by atoms with van der Waals surface area (Å²) in [4.78, 5) is 18.0. The van der Waals surface area contributed by atoms with Gasteiger partial charge < -0.3 is 9.64 Å². The molecule has 1 amide bonds. The zero-order chi connectivity index (χ0) is 21.5. The van der Waals surface area contributed by atoms with E-state index in [-0.39, 0.29) is 6.04 Å². The molecule has 6 nitrogen and oxygen atoms in total. The maximum Gasteiger partial charge on any atom is 0.223 e. The van der Waals surface area contributed by atoms with Gasteiger partial charge in [0.05, 0.1) is 12.8 Å². The summed E-state index contributed by atoms with van der Waals surface area (Å²) in [5, 5.41) is 7.54. The van der Waals surface area contributed by atoms with Crippen LogP contribution in [0.25, 0.3) is 0 Å². The molecule has 2 bridgehead atoms. The minimum atomic E-state index is 0.274. The largest absolute Gasteiger partial charge is 0.497 e. The second-order valence-corrected chi connectivity index (χ2v) is 9.75. The van der Waals surface area contributed by atoms with Gasteiger partial charge in [-0.3, -0.25) is 14.8 Å². The van der Waals surface area contributed by atoms with Crippen molar-refractivity contribution >= 4 is 5.91 Å². The SMILES string of the molecule is COc1cccc(C[C@H]2[C@H]3C[C@H](CN(Cc4c(C)n[nH]c4C)C3)[C@@H]3CCCC(=O)N32)c1. The van der Waals surface area contributed by atoms with E-state index in [0.717, 1.165) is 50.3 Å². The fourth-order valence-electron chi connectivity index (χ4n) is 6.34. The van der Waals surface area contributed by atoms with Crippen molar-refractivity contribution in [1.82, 2.24) is 20.0 Å². The third-order valence-corrected chi connectivity index (χ3v) is 7.81. The van der Waals surface area contributed by atoms with Crippen molar-refractivity contribution in [3.63, 3.8) is 0 Å². The second kappa shape index (κ2) is 8.30. The molecular weight excluding hydrogens is 388 g/mol. The van der Waals surface area contributed by atoms with Gasteiger partial charge in [0, 0.05) is 49.4 Å². The van der Waals surface area contributed by atoms with Gasteiger partial charge in [-0.15, -0.1) is 0 Å². The Balaban J connectivity index is 1.42. The highest BCUT2D eigenvalue weighted by Crippen LogP contribution is 2.43. The summed E-state index contributed by atoms with van der Waals surface area (Å²) in [6.07, 6.45) is 5.04. The zero-order valence-electron chi connectivity index (χ0n) is 18.9. The molecule has 0 unspecified atom stereocenters. The highest BCUT2D eigenvalue weighted by molar-refractivity contribution is 5.78. The molecule has 0 spiro atoms. The lowest BCUT2D eigenvalue weighted by Gasteiger charge is -2.57. The molecule has 1 aromatic carbocycles. The molecule has 31 heavy (non-hydrogen) atoms. The van der Waals surface area contributed by atoms with Gasteiger partial charge in [0.2, 0.25) is 5.91 Å². The molecule has 2 aromatic rings. The Bertz CT molecular complexity index is 935. The lowest BCUT2D eigenvalue weighted by molar-refractivity contribution is -0.152. The number of piperidine rings is 3. The van der Waals surface area contributed by atoms with Crippen molar-refractivity contribution in [3.05, 3.63) is 46.8 Å². The van der Waals surface area contributed by atoms with Gasteiger partial charge in [-0.1, -0.05) is 12.1 Å². The molecule has 3 aliphatic rings. The average molecular weight is 423 g/mol. The fourth-order valence-corrected chi connectivity index (χ4v) is 6.34. The Morgan fingerprint density at radius 3 is 2.84 bits per heavy atom. The minimum Gasteiger partial charge on any atom is -0.497 e. The number of carbonyl (C=O) groups is 1. The van der Waals surface area contributed by atoms with Gasteiger partial charge in [0.15, 0.2) is 0 Å². The van der Waals surface area contributed by atoms with E-state index < -0.39 is 0 Å². The summed E-state index contributed by atoms with van der Waals surface area (Å²) < 4.78 is 5.45. The smallest absolute Gasteiger partial charge is 0.223 e. The minimum absolute atomic E-state index is 0.274. The van der Waals surface area contributed by atoms with E-state index >= 15 is 0 Å². The van der Waals surface area contributed by atoms with Crippen LogP contribution in [0, 0.1) is 25.7 Å². The van der Waals surface area contributed by atoms with Crippen LogP contribution >= 0.6 is 0 Å². The number of hydrogen-bond donors (Lipinski definition) is 1. The number of carbonyl (C=O) groups excluding carboxylic acids is 1. The van der Waals surface area contributed by atoms with Crippen LogP contribution in [-0.4, -0.2) is 58.2 Å². The van der Waals surface area contributed by atoms with E-state index in [0.29, 0.717) is 30.2 Å². The van der Waals surface area contributed by atoms with E-state index in [1.54, 1.807) is 7.11 Å². The number of fused-ring (bicyclic) bond motifs is 4. The van der Waals surface area contributed by atoms with Crippen LogP contribution in [0.1, 0.15) is 48.2 Å². The van der Waals surface area contributed by atoms with E-state index in [1.807, 2.05) is 6.07 Å². The summed E-state index contributed by atoms with van der Waals surface area (Å²) in [6.45, 7) is 7.30. The standard InChI is InChI=1S/C25H34N4O2/c1-16-22(17(2)27-26-16)15-28-13-19-12-20(14-28)24(29-23(19)8-5-9-25(29)30)11-18-6-4-7-21(10-18)31-3/h4,6-7,10,19-20,23-24H,5,8-9,11-15H2,1-3H3,(H,26,27)/t19-,20+,23+,24+/m1/s1. The van der Waals surface area contributed by atoms with Crippen molar-refractivity contribution in [3.8, 4) is 5.75 Å². The van der Waals surface area contributed by atoms with E-state index in [9.17, 15) is 4.79 Å². The van der Waals surface area contributed by atoms with Gasteiger partial charge in [-0.05, 0) is 69.1 Å². The number of nitrogens with zero attached hydrogens (tertiary/aromatic N) is 3. The number of amides is 1. The fraction of sp³-hybridized carbons (Fsp3) is 0.600. The zero-order valence-corrected chi connectivity index (χ0v) is 18.9. The molecule has 0 saturated carbocycles. The molecule has 4 atom stereocenters. The first-order chi connectivity index (χ1) is 15.0. The second-order valence-electron chi connectivity index (χ2n) is 9.75. The third-order valence-electron chi connectivity index (χ3n) is 7.81. The molecule has 6 heteroatoms. The summed E-state index contributed by atoms with van der Waals surface area (Å²) >= 11 is 0. The van der Waals surface area contributed by atoms with Gasteiger partial charge >= 0.3 is 0 Å². The van der Waals surface area contributed by atoms with Crippen LogP contribution in [0.3, 0.4) is 0 Å². The number of ether oxygens (including phenoxy) is 1. The molecule has 3 aliphatic heterocycles. The molecule has 1 aromatic heterocycles. The van der Waals surface area contributed by atoms with Crippen molar-refractivity contribution in [2.75, 3.05) is 20.2 Å². The van der Waals surface area contributed by atoms with Gasteiger partial charge in [0.1, 0.15) is 5.75 Å². The number of hydrogen-bond acceptors (Lipinski definition) is 4. The van der Waals surface area contributed by atoms with Gasteiger partial charge in [-0.2, -0.15) is 5.10 Å². The van der Waals surface area contributed by atoms with Crippen LogP contribution in [0.15, 0.2) is 24.3 Å². The lowest BCUT2D eigenvalue weighted by Crippen LogP contribution is -2.65. The van der Waals surface area contributed by atoms with Crippen LogP contribution in [-0.2, 0) is 17.8 Å². The predicted octanol–water partition coefficient (Wildman–Crippen LogP) is 3.48. The molecule has 3 fully saturated rings. The van der Waals surface area contributed by atoms with Crippen molar-refractivity contribution in [2.45, 2.75) is 64.6 Å². The Hall–Kier alpha value is -2.34. The van der Waals surface area contributed by atoms with E-state index in [4.69, 9.17) is 4.74 Å². The molecule has 0 radical (unpaired) electrons. The number of aryl methyl sites for hydroxylation is 2. The van der Waals surface area contributed by atoms with Crippen molar-refractivity contribution < 1.29 is 9.53 Å². The Morgan fingerprint density at radius 2 is 2.06 bits per heavy atom. The molecule has 4 heterocycles. The number of nitrogens with one attached hydrogen (secondary N) is 1. The Labute approximate surface area is 185 Å². The normalized spacial score (nSPS) is 28.5. The van der Waals surface area contributed by atoms with E-state index in [2.05, 4.69) is 52.0 Å². The quantitative estimate of drug-likeness (QED) is 0.801. The van der Waals surface area contributed by atoms with Crippen LogP contribution < -0.4 is 4.74 Å². The van der Waals surface area contributed by atoms with E-state index in [1.165, 1.54) is 23.2 Å². The number of aromatic nitrogens is 2. The number of rotatable bonds is 5. The molecule has 3 saturated heterocycles. The Kier molecular flexibility index (Phi) is 5.51. The first-order valence-corrected chi connectivity index (χ1v) is 11.7. The number of likely N-dealkylation sites (tertiary alicyclic amines) is 1. The van der Waals surface area contributed by atoms with Crippen molar-refractivity contribution in [1.29, 1.82) is 0 Å². The molecule has 0 aliphatic carbocycles. The average Bonchev–Trinajstić information content (AvgIpc) is 3.09. The summed E-state index contributed by atoms with van der Waals surface area (Å²) in [5.74, 6) is 2.35. The summed E-state index contributed by atoms with van der Waals surface area (Å²) in [7, 11) is 1.72.